The van der Waals surface area contributed by atoms with Crippen LogP contribution < -0.4 is 15.4 Å². The molecule has 2 N–H and O–H groups in total. The van der Waals surface area contributed by atoms with E-state index in [2.05, 4.69) is 10.6 Å². The fourth-order valence-electron chi connectivity index (χ4n) is 2.22. The molecule has 1 aromatic carbocycles. The van der Waals surface area contributed by atoms with Crippen molar-refractivity contribution in [2.45, 2.75) is 25.8 Å². The molecule has 6 nitrogen and oxygen atoms in total. The van der Waals surface area contributed by atoms with Gasteiger partial charge in [0.25, 0.3) is 0 Å². The normalized spacial score (nSPS) is 18.3. The van der Waals surface area contributed by atoms with Gasteiger partial charge in [-0.3, -0.25) is 10.1 Å². The van der Waals surface area contributed by atoms with Crippen LogP contribution in [0.1, 0.15) is 19.8 Å². The van der Waals surface area contributed by atoms with Crippen molar-refractivity contribution in [3.8, 4) is 5.75 Å². The number of benzene rings is 1. The molecule has 1 aliphatic heterocycles. The van der Waals surface area contributed by atoms with Crippen LogP contribution in [0.4, 0.5) is 11.4 Å². The van der Waals surface area contributed by atoms with Gasteiger partial charge in [0.1, 0.15) is 0 Å². The van der Waals surface area contributed by atoms with Gasteiger partial charge in [0, 0.05) is 30.4 Å². The monoisotopic (exact) mass is 265 g/mol. The van der Waals surface area contributed by atoms with E-state index < -0.39 is 4.92 Å². The molecule has 0 amide bonds. The van der Waals surface area contributed by atoms with Gasteiger partial charge in [0.2, 0.25) is 0 Å². The Morgan fingerprint density at radius 3 is 3.05 bits per heavy atom. The van der Waals surface area contributed by atoms with E-state index in [1.807, 2.05) is 6.92 Å². The van der Waals surface area contributed by atoms with Crippen molar-refractivity contribution in [3.63, 3.8) is 0 Å². The predicted octanol–water partition coefficient (Wildman–Crippen LogP) is 2.16. The average Bonchev–Trinajstić information content (AvgIpc) is 2.90. The highest BCUT2D eigenvalue weighted by atomic mass is 16.6. The number of rotatable bonds is 6. The lowest BCUT2D eigenvalue weighted by atomic mass is 10.2. The number of nitro benzene ring substituents is 1. The third kappa shape index (κ3) is 3.57. The van der Waals surface area contributed by atoms with E-state index in [1.54, 1.807) is 12.1 Å². The quantitative estimate of drug-likeness (QED) is 0.609. The first-order valence-corrected chi connectivity index (χ1v) is 6.59. The Kier molecular flexibility index (Phi) is 4.57. The van der Waals surface area contributed by atoms with E-state index in [0.29, 0.717) is 18.4 Å². The van der Waals surface area contributed by atoms with Gasteiger partial charge in [-0.1, -0.05) is 0 Å². The van der Waals surface area contributed by atoms with E-state index in [1.165, 1.54) is 12.5 Å². The zero-order valence-electron chi connectivity index (χ0n) is 11.0. The number of anilines is 1. The van der Waals surface area contributed by atoms with Crippen LogP contribution in [0.3, 0.4) is 0 Å². The molecule has 19 heavy (non-hydrogen) atoms. The zero-order chi connectivity index (χ0) is 13.7. The lowest BCUT2D eigenvalue weighted by Gasteiger charge is -2.13. The Bertz CT molecular complexity index is 445. The molecule has 0 aliphatic carbocycles. The molecule has 1 unspecified atom stereocenters. The fourth-order valence-corrected chi connectivity index (χ4v) is 2.22. The van der Waals surface area contributed by atoms with Crippen LogP contribution in [0.5, 0.6) is 5.75 Å². The van der Waals surface area contributed by atoms with Gasteiger partial charge in [-0.05, 0) is 32.4 Å². The minimum atomic E-state index is -0.423. The van der Waals surface area contributed by atoms with E-state index in [0.717, 1.165) is 25.2 Å². The highest BCUT2D eigenvalue weighted by molar-refractivity contribution is 5.58. The van der Waals surface area contributed by atoms with Crippen LogP contribution >= 0.6 is 0 Å². The van der Waals surface area contributed by atoms with Crippen LogP contribution in [0.15, 0.2) is 18.2 Å². The lowest BCUT2D eigenvalue weighted by molar-refractivity contribution is -0.385. The Hall–Kier alpha value is -1.82. The molecule has 1 saturated heterocycles. The van der Waals surface area contributed by atoms with E-state index in [4.69, 9.17) is 4.74 Å². The zero-order valence-corrected chi connectivity index (χ0v) is 11.0. The number of nitrogens with one attached hydrogen (secondary N) is 2. The second kappa shape index (κ2) is 6.38. The van der Waals surface area contributed by atoms with Crippen LogP contribution in [-0.2, 0) is 0 Å². The first-order chi connectivity index (χ1) is 9.20. The summed E-state index contributed by atoms with van der Waals surface area (Å²) < 4.78 is 5.31. The van der Waals surface area contributed by atoms with Gasteiger partial charge in [-0.15, -0.1) is 0 Å². The van der Waals surface area contributed by atoms with E-state index >= 15 is 0 Å². The Labute approximate surface area is 112 Å². The van der Waals surface area contributed by atoms with Gasteiger partial charge >= 0.3 is 5.69 Å². The third-order valence-electron chi connectivity index (χ3n) is 3.17. The molecule has 2 rings (SSSR count). The van der Waals surface area contributed by atoms with Gasteiger partial charge in [-0.2, -0.15) is 0 Å². The standard InChI is InChI=1S/C13H19N3O3/c1-2-19-13-8-10(5-6-12(13)16(17)18)15-9-11-4-3-7-14-11/h5-6,8,11,14-15H,2-4,7,9H2,1H3. The summed E-state index contributed by atoms with van der Waals surface area (Å²) >= 11 is 0. The van der Waals surface area contributed by atoms with Crippen molar-refractivity contribution < 1.29 is 9.66 Å². The Morgan fingerprint density at radius 2 is 2.42 bits per heavy atom. The molecule has 104 valence electrons. The molecule has 0 aromatic heterocycles. The second-order valence-corrected chi connectivity index (χ2v) is 4.55. The molecule has 6 heteroatoms. The molecule has 1 heterocycles. The van der Waals surface area contributed by atoms with Crippen LogP contribution in [0.25, 0.3) is 0 Å². The summed E-state index contributed by atoms with van der Waals surface area (Å²) in [5.41, 5.74) is 0.856. The average molecular weight is 265 g/mol. The van der Waals surface area contributed by atoms with Crippen molar-refractivity contribution >= 4 is 11.4 Å². The van der Waals surface area contributed by atoms with Crippen molar-refractivity contribution in [1.29, 1.82) is 0 Å². The summed E-state index contributed by atoms with van der Waals surface area (Å²) in [5.74, 6) is 0.317. The molecule has 1 fully saturated rings. The maximum atomic E-state index is 10.9. The Morgan fingerprint density at radius 1 is 1.58 bits per heavy atom. The lowest BCUT2D eigenvalue weighted by Crippen LogP contribution is -2.29. The molecular weight excluding hydrogens is 246 g/mol. The number of ether oxygens (including phenoxy) is 1. The maximum Gasteiger partial charge on any atom is 0.311 e. The molecule has 0 bridgehead atoms. The van der Waals surface area contributed by atoms with Crippen LogP contribution in [-0.4, -0.2) is 30.7 Å². The summed E-state index contributed by atoms with van der Waals surface area (Å²) in [4.78, 5) is 10.4. The predicted molar refractivity (Wildman–Crippen MR) is 73.8 cm³/mol. The minimum absolute atomic E-state index is 0.00592. The fraction of sp³-hybridized carbons (Fsp3) is 0.538. The molecule has 1 aliphatic rings. The topological polar surface area (TPSA) is 76.4 Å². The highest BCUT2D eigenvalue weighted by Crippen LogP contribution is 2.30. The summed E-state index contributed by atoms with van der Waals surface area (Å²) in [7, 11) is 0. The van der Waals surface area contributed by atoms with Crippen LogP contribution in [0, 0.1) is 10.1 Å². The van der Waals surface area contributed by atoms with Crippen molar-refractivity contribution in [2.75, 3.05) is 25.0 Å². The molecular formula is C13H19N3O3. The minimum Gasteiger partial charge on any atom is -0.487 e. The third-order valence-corrected chi connectivity index (χ3v) is 3.17. The van der Waals surface area contributed by atoms with Crippen molar-refractivity contribution in [1.82, 2.24) is 5.32 Å². The molecule has 1 atom stereocenters. The second-order valence-electron chi connectivity index (χ2n) is 4.55. The summed E-state index contributed by atoms with van der Waals surface area (Å²) in [6.45, 7) is 4.11. The van der Waals surface area contributed by atoms with Gasteiger partial charge in [0.15, 0.2) is 5.75 Å². The Balaban J connectivity index is 2.04. The molecule has 1 aromatic rings. The number of nitrogens with zero attached hydrogens (tertiary/aromatic N) is 1. The van der Waals surface area contributed by atoms with Crippen molar-refractivity contribution in [3.05, 3.63) is 28.3 Å². The van der Waals surface area contributed by atoms with Gasteiger partial charge < -0.3 is 15.4 Å². The summed E-state index contributed by atoms with van der Waals surface area (Å²) in [6, 6.07) is 5.37. The van der Waals surface area contributed by atoms with E-state index in [9.17, 15) is 10.1 Å². The van der Waals surface area contributed by atoms with Crippen LogP contribution in [0.2, 0.25) is 0 Å². The molecule has 0 saturated carbocycles. The summed E-state index contributed by atoms with van der Waals surface area (Å²) in [6.07, 6.45) is 2.37. The highest BCUT2D eigenvalue weighted by Gasteiger charge is 2.17. The SMILES string of the molecule is CCOc1cc(NCC2CCCN2)ccc1[N+](=O)[O-]. The largest absolute Gasteiger partial charge is 0.487 e. The maximum absolute atomic E-state index is 10.9. The molecule has 0 spiro atoms. The number of hydrogen-bond donors (Lipinski definition) is 2. The molecule has 0 radical (unpaired) electrons. The summed E-state index contributed by atoms with van der Waals surface area (Å²) in [5, 5.41) is 17.6. The number of nitro groups is 1. The first kappa shape index (κ1) is 13.6. The van der Waals surface area contributed by atoms with E-state index in [-0.39, 0.29) is 5.69 Å². The smallest absolute Gasteiger partial charge is 0.311 e. The van der Waals surface area contributed by atoms with Gasteiger partial charge in [-0.25, -0.2) is 0 Å². The first-order valence-electron chi connectivity index (χ1n) is 6.59. The number of hydrogen-bond acceptors (Lipinski definition) is 5. The van der Waals surface area contributed by atoms with Gasteiger partial charge in [0.05, 0.1) is 11.5 Å². The van der Waals surface area contributed by atoms with Crippen molar-refractivity contribution in [2.24, 2.45) is 0 Å².